The van der Waals surface area contributed by atoms with Crippen LogP contribution in [-0.2, 0) is 11.3 Å². The van der Waals surface area contributed by atoms with Gasteiger partial charge in [-0.3, -0.25) is 14.2 Å². The second-order valence-electron chi connectivity index (χ2n) is 8.75. The molecule has 1 aromatic heterocycles. The normalized spacial score (nSPS) is 15.7. The smallest absolute Gasteiger partial charge is 0.262 e. The van der Waals surface area contributed by atoms with E-state index < -0.39 is 11.6 Å². The van der Waals surface area contributed by atoms with E-state index in [1.165, 1.54) is 6.07 Å². The molecule has 2 aromatic carbocycles. The van der Waals surface area contributed by atoms with Gasteiger partial charge in [0, 0.05) is 44.4 Å². The van der Waals surface area contributed by atoms with Gasteiger partial charge in [-0.2, -0.15) is 0 Å². The second kappa shape index (κ2) is 10.9. The first kappa shape index (κ1) is 24.1. The number of rotatable bonds is 9. The van der Waals surface area contributed by atoms with Crippen molar-refractivity contribution < 1.29 is 13.6 Å². The van der Waals surface area contributed by atoms with E-state index in [9.17, 15) is 18.4 Å². The Labute approximate surface area is 201 Å². The van der Waals surface area contributed by atoms with Crippen molar-refractivity contribution in [2.45, 2.75) is 38.6 Å². The van der Waals surface area contributed by atoms with Crippen molar-refractivity contribution in [2.75, 3.05) is 24.5 Å². The minimum atomic E-state index is -0.848. The number of aromatic amines is 1. The van der Waals surface area contributed by atoms with E-state index in [-0.39, 0.29) is 17.4 Å². The lowest BCUT2D eigenvalue weighted by molar-refractivity contribution is -0.121. The zero-order chi connectivity index (χ0) is 24.1. The highest BCUT2D eigenvalue weighted by atomic mass is 32.1. The van der Waals surface area contributed by atoms with Crippen LogP contribution in [0, 0.1) is 22.3 Å². The third-order valence-electron chi connectivity index (χ3n) is 6.32. The van der Waals surface area contributed by atoms with E-state index in [2.05, 4.69) is 10.3 Å². The molecule has 1 atom stereocenters. The minimum Gasteiger partial charge on any atom is -0.371 e. The molecule has 1 unspecified atom stereocenters. The Balaban J connectivity index is 1.16. The highest BCUT2D eigenvalue weighted by Crippen LogP contribution is 2.25. The molecule has 0 aliphatic carbocycles. The molecule has 1 amide bonds. The third-order valence-corrected chi connectivity index (χ3v) is 6.64. The van der Waals surface area contributed by atoms with Gasteiger partial charge in [0.15, 0.2) is 16.4 Å². The van der Waals surface area contributed by atoms with E-state index in [1.807, 2.05) is 23.1 Å². The molecule has 0 bridgehead atoms. The van der Waals surface area contributed by atoms with Crippen LogP contribution in [0.4, 0.5) is 14.5 Å². The number of amides is 1. The highest BCUT2D eigenvalue weighted by Gasteiger charge is 2.23. The van der Waals surface area contributed by atoms with Crippen molar-refractivity contribution in [1.82, 2.24) is 14.9 Å². The van der Waals surface area contributed by atoms with Crippen LogP contribution in [-0.4, -0.2) is 35.1 Å². The molecule has 1 saturated heterocycles. The number of unbranched alkanes of at least 4 members (excludes halogenated alkanes) is 2. The van der Waals surface area contributed by atoms with Gasteiger partial charge in [-0.15, -0.1) is 0 Å². The number of para-hydroxylation sites is 1. The Morgan fingerprint density at radius 3 is 2.76 bits per heavy atom. The van der Waals surface area contributed by atoms with Crippen LogP contribution >= 0.6 is 12.2 Å². The lowest BCUT2D eigenvalue weighted by Gasteiger charge is -2.19. The van der Waals surface area contributed by atoms with E-state index >= 15 is 0 Å². The standard InChI is InChI=1S/C25H28F2N4O2S/c26-20-10-9-18(14-21(20)27)30-13-11-17(16-30)15-28-23(32)8-2-1-5-12-31-24(33)19-6-3-4-7-22(19)29-25(31)34/h3-4,6-7,9-10,14,17H,1-2,5,8,11-13,15-16H2,(H,28,32)(H,29,34). The summed E-state index contributed by atoms with van der Waals surface area (Å²) in [5.41, 5.74) is 1.31. The Morgan fingerprint density at radius 2 is 1.94 bits per heavy atom. The molecule has 1 aliphatic rings. The number of hydrogen-bond acceptors (Lipinski definition) is 4. The van der Waals surface area contributed by atoms with Gasteiger partial charge >= 0.3 is 0 Å². The van der Waals surface area contributed by atoms with Crippen LogP contribution in [0.3, 0.4) is 0 Å². The first-order valence-corrected chi connectivity index (χ1v) is 12.0. The molecular formula is C25H28F2N4O2S. The molecule has 4 rings (SSSR count). The average molecular weight is 487 g/mol. The molecule has 9 heteroatoms. The zero-order valence-electron chi connectivity index (χ0n) is 18.9. The summed E-state index contributed by atoms with van der Waals surface area (Å²) in [5.74, 6) is -1.41. The number of nitrogens with one attached hydrogen (secondary N) is 2. The van der Waals surface area contributed by atoms with Crippen LogP contribution < -0.4 is 15.8 Å². The molecule has 1 fully saturated rings. The molecule has 0 saturated carbocycles. The summed E-state index contributed by atoms with van der Waals surface area (Å²) in [5, 5.41) is 3.60. The van der Waals surface area contributed by atoms with E-state index in [0.29, 0.717) is 41.9 Å². The zero-order valence-corrected chi connectivity index (χ0v) is 19.7. The molecule has 6 nitrogen and oxygen atoms in total. The maximum absolute atomic E-state index is 13.5. The monoisotopic (exact) mass is 486 g/mol. The van der Waals surface area contributed by atoms with Crippen LogP contribution in [0.15, 0.2) is 47.3 Å². The van der Waals surface area contributed by atoms with E-state index in [1.54, 1.807) is 16.7 Å². The highest BCUT2D eigenvalue weighted by molar-refractivity contribution is 7.71. The summed E-state index contributed by atoms with van der Waals surface area (Å²) in [4.78, 5) is 30.0. The fourth-order valence-corrected chi connectivity index (χ4v) is 4.68. The third kappa shape index (κ3) is 5.70. The number of anilines is 1. The van der Waals surface area contributed by atoms with Crippen molar-refractivity contribution in [3.8, 4) is 0 Å². The van der Waals surface area contributed by atoms with Gasteiger partial charge in [0.2, 0.25) is 5.91 Å². The molecule has 2 heterocycles. The average Bonchev–Trinajstić information content (AvgIpc) is 3.30. The van der Waals surface area contributed by atoms with Crippen molar-refractivity contribution in [2.24, 2.45) is 5.92 Å². The Morgan fingerprint density at radius 1 is 1.12 bits per heavy atom. The molecule has 0 spiro atoms. The van der Waals surface area contributed by atoms with Crippen molar-refractivity contribution in [3.63, 3.8) is 0 Å². The number of carbonyl (C=O) groups is 1. The number of halogens is 2. The summed E-state index contributed by atoms with van der Waals surface area (Å²) in [7, 11) is 0. The SMILES string of the molecule is O=C(CCCCCn1c(=S)[nH]c2ccccc2c1=O)NCC1CCN(c2ccc(F)c(F)c2)C1. The molecule has 180 valence electrons. The quantitative estimate of drug-likeness (QED) is 0.344. The van der Waals surface area contributed by atoms with Gasteiger partial charge < -0.3 is 15.2 Å². The minimum absolute atomic E-state index is 0.00596. The van der Waals surface area contributed by atoms with Crippen LogP contribution in [0.5, 0.6) is 0 Å². The number of nitrogens with zero attached hydrogens (tertiary/aromatic N) is 2. The number of H-pyrrole nitrogens is 1. The second-order valence-corrected chi connectivity index (χ2v) is 9.13. The summed E-state index contributed by atoms with van der Waals surface area (Å²) in [6, 6.07) is 11.2. The topological polar surface area (TPSA) is 70.1 Å². The molecule has 1 aliphatic heterocycles. The fraction of sp³-hybridized carbons (Fsp3) is 0.400. The van der Waals surface area contributed by atoms with Gasteiger partial charge in [0.05, 0.1) is 10.9 Å². The van der Waals surface area contributed by atoms with Crippen LogP contribution in [0.1, 0.15) is 32.1 Å². The summed E-state index contributed by atoms with van der Waals surface area (Å²) >= 11 is 5.33. The Bertz CT molecular complexity index is 1290. The number of aromatic nitrogens is 2. The van der Waals surface area contributed by atoms with Gasteiger partial charge in [-0.1, -0.05) is 18.6 Å². The number of benzene rings is 2. The summed E-state index contributed by atoms with van der Waals surface area (Å²) in [6.45, 7) is 2.54. The predicted octanol–water partition coefficient (Wildman–Crippen LogP) is 4.54. The van der Waals surface area contributed by atoms with Crippen molar-refractivity contribution in [3.05, 3.63) is 69.2 Å². The maximum atomic E-state index is 13.5. The van der Waals surface area contributed by atoms with Crippen molar-refractivity contribution >= 4 is 34.7 Å². The number of fused-ring (bicyclic) bond motifs is 1. The first-order valence-electron chi connectivity index (χ1n) is 11.6. The first-order chi connectivity index (χ1) is 16.4. The van der Waals surface area contributed by atoms with Gasteiger partial charge in [-0.05, 0) is 61.7 Å². The Kier molecular flexibility index (Phi) is 7.72. The molecular weight excluding hydrogens is 458 g/mol. The van der Waals surface area contributed by atoms with Gasteiger partial charge in [0.25, 0.3) is 5.56 Å². The largest absolute Gasteiger partial charge is 0.371 e. The molecule has 3 aromatic rings. The van der Waals surface area contributed by atoms with E-state index in [4.69, 9.17) is 12.2 Å². The predicted molar refractivity (Wildman–Crippen MR) is 132 cm³/mol. The number of carbonyl (C=O) groups excluding carboxylic acids is 1. The van der Waals surface area contributed by atoms with Gasteiger partial charge in [0.1, 0.15) is 0 Å². The van der Waals surface area contributed by atoms with Crippen LogP contribution in [0.2, 0.25) is 0 Å². The van der Waals surface area contributed by atoms with E-state index in [0.717, 1.165) is 43.8 Å². The molecule has 0 radical (unpaired) electrons. The summed E-state index contributed by atoms with van der Waals surface area (Å²) < 4.78 is 28.6. The van der Waals surface area contributed by atoms with Crippen LogP contribution in [0.25, 0.3) is 10.9 Å². The Hall–Kier alpha value is -3.07. The van der Waals surface area contributed by atoms with Gasteiger partial charge in [-0.25, -0.2) is 8.78 Å². The molecule has 34 heavy (non-hydrogen) atoms. The fourth-order valence-electron chi connectivity index (χ4n) is 4.40. The lowest BCUT2D eigenvalue weighted by Crippen LogP contribution is -2.30. The number of hydrogen-bond donors (Lipinski definition) is 2. The van der Waals surface area contributed by atoms with Crippen molar-refractivity contribution in [1.29, 1.82) is 0 Å². The lowest BCUT2D eigenvalue weighted by atomic mass is 10.1. The molecule has 2 N–H and O–H groups in total. The maximum Gasteiger partial charge on any atom is 0.262 e. The summed E-state index contributed by atoms with van der Waals surface area (Å²) in [6.07, 6.45) is 3.62.